The molecule has 404 valence electrons. The van der Waals surface area contributed by atoms with Crippen LogP contribution in [0.3, 0.4) is 0 Å². The van der Waals surface area contributed by atoms with Crippen molar-refractivity contribution in [3.63, 3.8) is 0 Å². The van der Waals surface area contributed by atoms with Crippen LogP contribution in [0.25, 0.3) is 44.6 Å². The van der Waals surface area contributed by atoms with Gasteiger partial charge in [0.1, 0.15) is 40.0 Å². The number of rotatable bonds is 14. The van der Waals surface area contributed by atoms with Crippen molar-refractivity contribution < 1.29 is 37.4 Å². The van der Waals surface area contributed by atoms with Gasteiger partial charge >= 0.3 is 0 Å². The van der Waals surface area contributed by atoms with Crippen molar-refractivity contribution >= 4 is 56.6 Å². The molecule has 0 spiro atoms. The molecule has 2 saturated heterocycles. The highest BCUT2D eigenvalue weighted by molar-refractivity contribution is 6.12. The van der Waals surface area contributed by atoms with E-state index < -0.39 is 11.6 Å². The highest BCUT2D eigenvalue weighted by atomic mass is 19.1. The third kappa shape index (κ3) is 10.9. The molecule has 0 saturated carbocycles. The first-order valence-corrected chi connectivity index (χ1v) is 25.4. The van der Waals surface area contributed by atoms with Gasteiger partial charge in [-0.25, -0.2) is 28.7 Å². The minimum Gasteiger partial charge on any atom is -0.496 e. The zero-order valence-corrected chi connectivity index (χ0v) is 44.1. The molecule has 8 aromatic rings. The number of nitrogens with zero attached hydrogens (tertiary/aromatic N) is 10. The van der Waals surface area contributed by atoms with E-state index in [2.05, 4.69) is 50.6 Å². The van der Waals surface area contributed by atoms with Crippen LogP contribution in [0.4, 0.5) is 20.2 Å². The Hall–Kier alpha value is -8.76. The third-order valence-electron chi connectivity index (χ3n) is 13.9. The number of hydrogen-bond donors (Lipinski definition) is 4. The van der Waals surface area contributed by atoms with Gasteiger partial charge in [-0.2, -0.15) is 10.2 Å². The van der Waals surface area contributed by atoms with Crippen LogP contribution in [-0.4, -0.2) is 129 Å². The van der Waals surface area contributed by atoms with Gasteiger partial charge in [0.15, 0.2) is 23.2 Å². The molecule has 22 heteroatoms. The molecule has 2 aliphatic heterocycles. The molecule has 2 aliphatic rings. The maximum absolute atomic E-state index is 14.7. The molecule has 0 radical (unpaired) electrons. The predicted molar refractivity (Wildman–Crippen MR) is 291 cm³/mol. The fourth-order valence-electron chi connectivity index (χ4n) is 10.4. The van der Waals surface area contributed by atoms with Crippen molar-refractivity contribution in [1.29, 1.82) is 0 Å². The van der Waals surface area contributed by atoms with Crippen LogP contribution in [-0.2, 0) is 26.9 Å². The number of hydrogen-bond acceptors (Lipinski definition) is 16. The molecule has 4 aromatic heterocycles. The normalized spacial score (nSPS) is 15.4. The van der Waals surface area contributed by atoms with Crippen molar-refractivity contribution in [3.8, 4) is 34.3 Å². The number of fused-ring (bicyclic) bond motifs is 2. The van der Waals surface area contributed by atoms with Crippen molar-refractivity contribution in [2.24, 2.45) is 25.6 Å². The van der Waals surface area contributed by atoms with Crippen molar-refractivity contribution in [2.45, 2.75) is 50.6 Å². The monoisotopic (exact) mass is 1060 g/mol. The van der Waals surface area contributed by atoms with Crippen LogP contribution >= 0.6 is 0 Å². The van der Waals surface area contributed by atoms with Gasteiger partial charge in [0, 0.05) is 109 Å². The summed E-state index contributed by atoms with van der Waals surface area (Å²) in [7, 11) is 9.55. The van der Waals surface area contributed by atoms with E-state index in [0.29, 0.717) is 46.4 Å². The summed E-state index contributed by atoms with van der Waals surface area (Å²) in [6.07, 6.45) is 10.00. The predicted octanol–water partition coefficient (Wildman–Crippen LogP) is 5.78. The van der Waals surface area contributed by atoms with E-state index in [-0.39, 0.29) is 94.0 Å². The first-order valence-electron chi connectivity index (χ1n) is 25.4. The Morgan fingerprint density at radius 3 is 1.67 bits per heavy atom. The second kappa shape index (κ2) is 23.2. The number of ether oxygens (including phenoxy) is 2. The molecular formula is C56H60F2N14O6. The SMILES string of the molecule is CNC(=O)c1cc(CC(=O)c2ccnc(-c3c(F)cccc3OC)n2)c(N2CCC[C@@H](N)C2)c2cn(C)nc12.CNC(=O)c1cc(CC(=O)c2ccnc(-c3c(F)cccc3OC)n2)c(N2CCC[C@@H](N)C2)c2cnn(C)c12. The standard InChI is InChI=1S/2C28H30FN7O3/c1-31-28(38)18-12-16(25(19-14-33-35(2)26(18)19)36-11-5-6-17(30)15-36)13-22(37)21-9-10-32-27(34-21)24-20(29)7-4-8-23(24)39-3;1-31-28(38)18-12-16(26(19-15-35(2)34-25(18)19)36-11-5-6-17(30)14-36)13-22(37)21-9-10-32-27(33-21)24-20(29)7-4-8-23(24)39-3/h4,7-10,12,14,17H,5-6,11,13,15,30H2,1-3H3,(H,31,38);4,7-10,12,15,17H,5-6,11,13-14,30H2,1-3H3,(H,31,38)/t2*17-/m11/s1. The molecular weight excluding hydrogens is 1000 g/mol. The summed E-state index contributed by atoms with van der Waals surface area (Å²) in [5.74, 6) is -1.68. The van der Waals surface area contributed by atoms with E-state index >= 15 is 0 Å². The number of aromatic nitrogens is 8. The van der Waals surface area contributed by atoms with Gasteiger partial charge in [-0.05, 0) is 85.3 Å². The summed E-state index contributed by atoms with van der Waals surface area (Å²) in [4.78, 5) is 74.5. The molecule has 0 aliphatic carbocycles. The number of aryl methyl sites for hydroxylation is 2. The number of piperidine rings is 2. The summed E-state index contributed by atoms with van der Waals surface area (Å²) in [6, 6.07) is 15.3. The Morgan fingerprint density at radius 1 is 0.692 bits per heavy atom. The van der Waals surface area contributed by atoms with Crippen molar-refractivity contribution in [2.75, 3.05) is 64.3 Å². The lowest BCUT2D eigenvalue weighted by atomic mass is 9.95. The number of nitrogens with two attached hydrogens (primary N) is 2. The molecule has 2 amide bonds. The Labute approximate surface area is 448 Å². The first kappa shape index (κ1) is 54.0. The summed E-state index contributed by atoms with van der Waals surface area (Å²) < 4.78 is 43.3. The van der Waals surface area contributed by atoms with Gasteiger partial charge in [0.2, 0.25) is 0 Å². The minimum atomic E-state index is -0.556. The summed E-state index contributed by atoms with van der Waals surface area (Å²) in [6.45, 7) is 2.77. The van der Waals surface area contributed by atoms with Gasteiger partial charge in [0.25, 0.3) is 11.8 Å². The molecule has 20 nitrogen and oxygen atoms in total. The van der Waals surface area contributed by atoms with E-state index in [1.54, 1.807) is 68.0 Å². The fourth-order valence-corrected chi connectivity index (χ4v) is 10.4. The molecule has 0 bridgehead atoms. The summed E-state index contributed by atoms with van der Waals surface area (Å²) in [5, 5.41) is 15.9. The molecule has 2 atom stereocenters. The highest BCUT2D eigenvalue weighted by Crippen LogP contribution is 2.38. The highest BCUT2D eigenvalue weighted by Gasteiger charge is 2.30. The number of amides is 2. The van der Waals surface area contributed by atoms with E-state index in [1.165, 1.54) is 63.0 Å². The number of carbonyl (C=O) groups excluding carboxylic acids is 4. The van der Waals surface area contributed by atoms with Gasteiger partial charge in [0.05, 0.1) is 59.6 Å². The maximum atomic E-state index is 14.7. The summed E-state index contributed by atoms with van der Waals surface area (Å²) in [5.41, 5.74) is 18.0. The van der Waals surface area contributed by atoms with Gasteiger partial charge in [-0.3, -0.25) is 28.5 Å². The van der Waals surface area contributed by atoms with Crippen molar-refractivity contribution in [3.05, 3.63) is 131 Å². The maximum Gasteiger partial charge on any atom is 0.253 e. The zero-order valence-electron chi connectivity index (χ0n) is 44.1. The molecule has 0 unspecified atom stereocenters. The average molecular weight is 1060 g/mol. The Morgan fingerprint density at radius 2 is 1.18 bits per heavy atom. The van der Waals surface area contributed by atoms with Gasteiger partial charge < -0.3 is 41.4 Å². The number of ketones is 2. The van der Waals surface area contributed by atoms with Crippen LogP contribution in [0, 0.1) is 11.6 Å². The quantitative estimate of drug-likeness (QED) is 0.0942. The van der Waals surface area contributed by atoms with E-state index in [4.69, 9.17) is 20.9 Å². The van der Waals surface area contributed by atoms with Gasteiger partial charge in [-0.1, -0.05) is 12.1 Å². The van der Waals surface area contributed by atoms with Crippen LogP contribution in [0.5, 0.6) is 11.5 Å². The van der Waals surface area contributed by atoms with E-state index in [1.807, 2.05) is 6.20 Å². The van der Waals surface area contributed by atoms with Crippen LogP contribution in [0.15, 0.2) is 85.5 Å². The second-order valence-corrected chi connectivity index (χ2v) is 19.2. The number of Topliss-reactive ketones (excluding diaryl/α,β-unsaturated/α-hetero) is 2. The Kier molecular flexibility index (Phi) is 16.1. The smallest absolute Gasteiger partial charge is 0.253 e. The number of carbonyl (C=O) groups is 4. The summed E-state index contributed by atoms with van der Waals surface area (Å²) >= 11 is 0. The Bertz CT molecular complexity index is 3460. The lowest BCUT2D eigenvalue weighted by Gasteiger charge is -2.34. The molecule has 6 heterocycles. The largest absolute Gasteiger partial charge is 0.496 e. The lowest BCUT2D eigenvalue weighted by molar-refractivity contribution is 0.0956. The Balaban J connectivity index is 0.000000190. The molecule has 4 aromatic carbocycles. The van der Waals surface area contributed by atoms with Crippen molar-refractivity contribution in [1.82, 2.24) is 50.1 Å². The number of nitrogens with one attached hydrogen (secondary N) is 2. The van der Waals surface area contributed by atoms with Crippen LogP contribution in [0.1, 0.15) is 78.5 Å². The topological polar surface area (TPSA) is 257 Å². The number of halogens is 2. The number of methoxy groups -OCH3 is 2. The lowest BCUT2D eigenvalue weighted by Crippen LogP contribution is -2.43. The molecule has 2 fully saturated rings. The third-order valence-corrected chi connectivity index (χ3v) is 13.9. The number of benzene rings is 4. The van der Waals surface area contributed by atoms with E-state index in [9.17, 15) is 28.0 Å². The van der Waals surface area contributed by atoms with Crippen LogP contribution < -0.4 is 41.4 Å². The first-order chi connectivity index (χ1) is 37.6. The van der Waals surface area contributed by atoms with E-state index in [0.717, 1.165) is 60.9 Å². The van der Waals surface area contributed by atoms with Crippen LogP contribution in [0.2, 0.25) is 0 Å². The molecule has 10 rings (SSSR count). The van der Waals surface area contributed by atoms with Gasteiger partial charge in [-0.15, -0.1) is 0 Å². The minimum absolute atomic E-state index is 0.00666. The zero-order chi connectivity index (χ0) is 55.4. The average Bonchev–Trinajstić information content (AvgIpc) is 4.23. The molecule has 78 heavy (non-hydrogen) atoms. The number of anilines is 2. The second-order valence-electron chi connectivity index (χ2n) is 19.2. The fraction of sp³-hybridized carbons (Fsp3) is 0.321. The molecule has 6 N–H and O–H groups in total.